The van der Waals surface area contributed by atoms with E-state index in [0.29, 0.717) is 5.92 Å². The molecule has 0 aliphatic carbocycles. The van der Waals surface area contributed by atoms with Gasteiger partial charge in [-0.1, -0.05) is 20.3 Å². The summed E-state index contributed by atoms with van der Waals surface area (Å²) in [4.78, 5) is 14.6. The van der Waals surface area contributed by atoms with E-state index in [4.69, 9.17) is 4.74 Å². The first-order chi connectivity index (χ1) is 9.75. The van der Waals surface area contributed by atoms with E-state index in [-0.39, 0.29) is 17.6 Å². The van der Waals surface area contributed by atoms with Crippen molar-refractivity contribution in [2.24, 2.45) is 16.4 Å². The second-order valence-corrected chi connectivity index (χ2v) is 7.60. The van der Waals surface area contributed by atoms with Crippen molar-refractivity contribution in [3.05, 3.63) is 0 Å². The van der Waals surface area contributed by atoms with Gasteiger partial charge in [0.25, 0.3) is 0 Å². The number of nitrogens with zero attached hydrogens (tertiary/aromatic N) is 2. The molecule has 0 bridgehead atoms. The Bertz CT molecular complexity index is 416. The molecule has 0 radical (unpaired) electrons. The van der Waals surface area contributed by atoms with Crippen molar-refractivity contribution in [3.63, 3.8) is 0 Å². The summed E-state index contributed by atoms with van der Waals surface area (Å²) in [7, 11) is 0. The number of carbonyl (C=O) groups excluding carboxylic acids is 1. The van der Waals surface area contributed by atoms with Crippen LogP contribution >= 0.6 is 0 Å². The predicted molar refractivity (Wildman–Crippen MR) is 84.3 cm³/mol. The van der Waals surface area contributed by atoms with Gasteiger partial charge in [-0.3, -0.25) is 0 Å². The maximum atomic E-state index is 12.6. The van der Waals surface area contributed by atoms with Gasteiger partial charge < -0.3 is 15.1 Å². The van der Waals surface area contributed by atoms with Crippen molar-refractivity contribution in [2.45, 2.75) is 65.5 Å². The fourth-order valence-electron chi connectivity index (χ4n) is 3.25. The van der Waals surface area contributed by atoms with Gasteiger partial charge in [-0.25, -0.2) is 4.79 Å². The maximum Gasteiger partial charge on any atom is 0.410 e. The largest absolute Gasteiger partial charge is 0.444 e. The first-order valence-corrected chi connectivity index (χ1v) is 8.02. The van der Waals surface area contributed by atoms with Crippen LogP contribution in [0.15, 0.2) is 5.10 Å². The monoisotopic (exact) mass is 295 g/mol. The smallest absolute Gasteiger partial charge is 0.410 e. The Morgan fingerprint density at radius 2 is 2.19 bits per heavy atom. The summed E-state index contributed by atoms with van der Waals surface area (Å²) in [5, 5.41) is 4.17. The van der Waals surface area contributed by atoms with Crippen molar-refractivity contribution in [1.29, 1.82) is 0 Å². The van der Waals surface area contributed by atoms with Gasteiger partial charge in [0.15, 0.2) is 0 Å². The number of rotatable bonds is 2. The topological polar surface area (TPSA) is 53.9 Å². The van der Waals surface area contributed by atoms with Crippen LogP contribution < -0.4 is 5.43 Å². The fourth-order valence-corrected chi connectivity index (χ4v) is 3.25. The van der Waals surface area contributed by atoms with Crippen LogP contribution in [-0.2, 0) is 4.74 Å². The number of nitrogens with one attached hydrogen (secondary N) is 1. The number of amides is 1. The molecule has 5 heteroatoms. The predicted octanol–water partition coefficient (Wildman–Crippen LogP) is 3.01. The third-order valence-corrected chi connectivity index (χ3v) is 4.56. The Morgan fingerprint density at radius 1 is 1.48 bits per heavy atom. The molecule has 120 valence electrons. The van der Waals surface area contributed by atoms with E-state index < -0.39 is 5.60 Å². The Morgan fingerprint density at radius 3 is 2.71 bits per heavy atom. The van der Waals surface area contributed by atoms with E-state index in [1.54, 1.807) is 0 Å². The normalized spacial score (nSPS) is 32.9. The minimum absolute atomic E-state index is 0.102. The summed E-state index contributed by atoms with van der Waals surface area (Å²) in [6.07, 6.45) is 5.06. The van der Waals surface area contributed by atoms with Crippen LogP contribution in [0.3, 0.4) is 0 Å². The fraction of sp³-hybridized carbons (Fsp3) is 0.875. The zero-order chi connectivity index (χ0) is 15.7. The van der Waals surface area contributed by atoms with Gasteiger partial charge in [-0.2, -0.15) is 5.10 Å². The molecule has 3 atom stereocenters. The Balaban J connectivity index is 2.17. The third kappa shape index (κ3) is 3.69. The number of ether oxygens (including phenoxy) is 1. The van der Waals surface area contributed by atoms with Crippen LogP contribution in [0, 0.1) is 11.3 Å². The lowest BCUT2D eigenvalue weighted by atomic mass is 9.76. The van der Waals surface area contributed by atoms with Crippen LogP contribution in [0.25, 0.3) is 0 Å². The molecule has 1 unspecified atom stereocenters. The molecule has 2 heterocycles. The van der Waals surface area contributed by atoms with Crippen LogP contribution in [0.1, 0.15) is 53.9 Å². The molecule has 0 aromatic heterocycles. The van der Waals surface area contributed by atoms with Crippen molar-refractivity contribution in [2.75, 3.05) is 13.1 Å². The zero-order valence-electron chi connectivity index (χ0n) is 14.0. The van der Waals surface area contributed by atoms with E-state index in [1.807, 2.05) is 31.9 Å². The summed E-state index contributed by atoms with van der Waals surface area (Å²) in [6.45, 7) is 11.7. The molecule has 1 N–H and O–H groups in total. The van der Waals surface area contributed by atoms with Gasteiger partial charge in [-0.15, -0.1) is 0 Å². The van der Waals surface area contributed by atoms with E-state index in [0.717, 1.165) is 25.9 Å². The molecular formula is C16H29N3O2. The lowest BCUT2D eigenvalue weighted by molar-refractivity contribution is -0.0103. The Hall–Kier alpha value is -1.26. The van der Waals surface area contributed by atoms with Crippen LogP contribution in [0.4, 0.5) is 4.79 Å². The average Bonchev–Trinajstić information content (AvgIpc) is 2.84. The number of likely N-dealkylation sites (tertiary alicyclic amines) is 1. The van der Waals surface area contributed by atoms with E-state index >= 15 is 0 Å². The summed E-state index contributed by atoms with van der Waals surface area (Å²) in [5.74, 6) is 0.573. The molecule has 1 fully saturated rings. The molecule has 1 saturated heterocycles. The van der Waals surface area contributed by atoms with Crippen molar-refractivity contribution in [1.82, 2.24) is 10.3 Å². The number of hydrogen-bond acceptors (Lipinski definition) is 4. The first kappa shape index (κ1) is 16.1. The lowest BCUT2D eigenvalue weighted by Crippen LogP contribution is -2.56. The maximum absolute atomic E-state index is 12.6. The summed E-state index contributed by atoms with van der Waals surface area (Å²) < 4.78 is 5.63. The number of hydrazone groups is 1. The van der Waals surface area contributed by atoms with Gasteiger partial charge in [0.05, 0.1) is 0 Å². The third-order valence-electron chi connectivity index (χ3n) is 4.56. The van der Waals surface area contributed by atoms with E-state index in [9.17, 15) is 4.79 Å². The highest BCUT2D eigenvalue weighted by atomic mass is 16.6. The van der Waals surface area contributed by atoms with Crippen molar-refractivity contribution < 1.29 is 9.53 Å². The van der Waals surface area contributed by atoms with E-state index in [1.165, 1.54) is 6.42 Å². The highest BCUT2D eigenvalue weighted by molar-refractivity contribution is 5.73. The molecule has 21 heavy (non-hydrogen) atoms. The molecule has 5 nitrogen and oxygen atoms in total. The van der Waals surface area contributed by atoms with Crippen molar-refractivity contribution >= 4 is 12.3 Å². The quantitative estimate of drug-likeness (QED) is 0.852. The molecule has 0 saturated carbocycles. The molecule has 1 amide bonds. The lowest BCUT2D eigenvalue weighted by Gasteiger charge is -2.45. The Labute approximate surface area is 128 Å². The van der Waals surface area contributed by atoms with Gasteiger partial charge in [0.1, 0.15) is 5.60 Å². The summed E-state index contributed by atoms with van der Waals surface area (Å²) in [5.41, 5.74) is 2.48. The Kier molecular flexibility index (Phi) is 4.49. The molecule has 0 aromatic rings. The summed E-state index contributed by atoms with van der Waals surface area (Å²) >= 11 is 0. The van der Waals surface area contributed by atoms with E-state index in [2.05, 4.69) is 24.4 Å². The zero-order valence-corrected chi connectivity index (χ0v) is 14.0. The molecular weight excluding hydrogens is 266 g/mol. The number of hydrogen-bond donors (Lipinski definition) is 1. The van der Waals surface area contributed by atoms with Crippen molar-refractivity contribution in [3.8, 4) is 0 Å². The molecule has 2 rings (SSSR count). The van der Waals surface area contributed by atoms with Gasteiger partial charge in [0.2, 0.25) is 0 Å². The van der Waals surface area contributed by atoms with Gasteiger partial charge in [0, 0.05) is 30.8 Å². The van der Waals surface area contributed by atoms with Gasteiger partial charge in [-0.05, 0) is 39.5 Å². The highest BCUT2D eigenvalue weighted by Crippen LogP contribution is 2.36. The summed E-state index contributed by atoms with van der Waals surface area (Å²) in [6, 6.07) is 0.161. The SMILES string of the molecule is CC[C@@H]1CC[C@@H](C2(C)C=NNC2)N(C(=O)OC(C)(C)C)C1. The minimum atomic E-state index is -0.455. The average molecular weight is 295 g/mol. The highest BCUT2D eigenvalue weighted by Gasteiger charge is 2.44. The van der Waals surface area contributed by atoms with Crippen LogP contribution in [-0.4, -0.2) is 41.9 Å². The molecule has 0 aromatic carbocycles. The standard InChI is InChI=1S/C16H29N3O2/c1-6-12-7-8-13(16(5)10-17-18-11-16)19(9-12)14(20)21-15(2,3)4/h10,12-13,18H,6-9,11H2,1-5H3/t12-,13+,16?/m1/s1. The number of piperidine rings is 1. The van der Waals surface area contributed by atoms with Crippen LogP contribution in [0.2, 0.25) is 0 Å². The molecule has 0 spiro atoms. The second kappa shape index (κ2) is 5.85. The molecule has 2 aliphatic rings. The van der Waals surface area contributed by atoms with Crippen LogP contribution in [0.5, 0.6) is 0 Å². The first-order valence-electron chi connectivity index (χ1n) is 8.02. The van der Waals surface area contributed by atoms with Gasteiger partial charge >= 0.3 is 6.09 Å². The molecule has 2 aliphatic heterocycles. The second-order valence-electron chi connectivity index (χ2n) is 7.60. The number of carbonyl (C=O) groups is 1. The minimum Gasteiger partial charge on any atom is -0.444 e.